The van der Waals surface area contributed by atoms with Crippen molar-refractivity contribution in [1.82, 2.24) is 9.29 Å². The van der Waals surface area contributed by atoms with Gasteiger partial charge in [-0.1, -0.05) is 6.08 Å². The minimum Gasteiger partial charge on any atom is -0.488 e. The molecule has 1 aromatic carbocycles. The van der Waals surface area contributed by atoms with E-state index in [0.29, 0.717) is 11.3 Å². The van der Waals surface area contributed by atoms with Gasteiger partial charge in [0.15, 0.2) is 11.4 Å². The molecule has 7 nitrogen and oxygen atoms in total. The highest BCUT2D eigenvalue weighted by Gasteiger charge is 2.29. The summed E-state index contributed by atoms with van der Waals surface area (Å²) in [4.78, 5) is 13.1. The Labute approximate surface area is 158 Å². The number of nitrogens with one attached hydrogen (secondary N) is 2. The zero-order chi connectivity index (χ0) is 19.6. The first kappa shape index (κ1) is 18.8. The van der Waals surface area contributed by atoms with E-state index in [9.17, 15) is 13.4 Å². The summed E-state index contributed by atoms with van der Waals surface area (Å²) < 4.78 is 36.2. The summed E-state index contributed by atoms with van der Waals surface area (Å²) in [7, 11) is 0.0946. The van der Waals surface area contributed by atoms with E-state index in [4.69, 9.17) is 10.00 Å². The number of benzene rings is 1. The summed E-state index contributed by atoms with van der Waals surface area (Å²) in [6.45, 7) is 3.89. The van der Waals surface area contributed by atoms with Gasteiger partial charge in [-0.05, 0) is 24.6 Å². The predicted molar refractivity (Wildman–Crippen MR) is 98.1 cm³/mol. The molecular weight excluding hydrogens is 371 g/mol. The Kier molecular flexibility index (Phi) is 5.39. The van der Waals surface area contributed by atoms with E-state index in [1.165, 1.54) is 16.7 Å². The smallest absolute Gasteiger partial charge is 0.276 e. The van der Waals surface area contributed by atoms with Gasteiger partial charge < -0.3 is 14.6 Å². The SMILES string of the molecule is C=CCC1COc2c(cn(C)c2C(=O)Nc2ccc(F)c(C#N)c2)S(=O)N1. The molecule has 1 aliphatic rings. The third-order valence-electron chi connectivity index (χ3n) is 4.02. The van der Waals surface area contributed by atoms with Gasteiger partial charge >= 0.3 is 0 Å². The minimum absolute atomic E-state index is 0.174. The topological polar surface area (TPSA) is 96.2 Å². The molecular formula is C18H17FN4O3S. The number of amides is 1. The van der Waals surface area contributed by atoms with Crippen LogP contribution in [0.15, 0.2) is 41.9 Å². The zero-order valence-electron chi connectivity index (χ0n) is 14.5. The van der Waals surface area contributed by atoms with Crippen LogP contribution < -0.4 is 14.8 Å². The molecule has 0 aliphatic carbocycles. The van der Waals surface area contributed by atoms with Crippen LogP contribution in [-0.2, 0) is 18.0 Å². The number of halogens is 1. The first-order chi connectivity index (χ1) is 12.9. The molecule has 140 valence electrons. The van der Waals surface area contributed by atoms with Gasteiger partial charge in [-0.2, -0.15) is 5.26 Å². The van der Waals surface area contributed by atoms with Gasteiger partial charge in [-0.25, -0.2) is 13.3 Å². The summed E-state index contributed by atoms with van der Waals surface area (Å²) in [6.07, 6.45) is 3.83. The molecule has 1 aromatic heterocycles. The number of anilines is 1. The van der Waals surface area contributed by atoms with Crippen LogP contribution in [-0.4, -0.2) is 27.3 Å². The second-order valence-electron chi connectivity index (χ2n) is 5.96. The van der Waals surface area contributed by atoms with Crippen LogP contribution in [0, 0.1) is 17.1 Å². The molecule has 27 heavy (non-hydrogen) atoms. The number of hydrogen-bond donors (Lipinski definition) is 2. The molecule has 0 bridgehead atoms. The maximum atomic E-state index is 13.5. The lowest BCUT2D eigenvalue weighted by atomic mass is 10.2. The maximum Gasteiger partial charge on any atom is 0.276 e. The maximum absolute atomic E-state index is 13.5. The van der Waals surface area contributed by atoms with Crippen LogP contribution in [0.2, 0.25) is 0 Å². The van der Waals surface area contributed by atoms with E-state index in [-0.39, 0.29) is 35.3 Å². The first-order valence-corrected chi connectivity index (χ1v) is 9.21. The summed E-state index contributed by atoms with van der Waals surface area (Å²) in [6, 6.07) is 5.24. The molecule has 0 spiro atoms. The van der Waals surface area contributed by atoms with Crippen molar-refractivity contribution >= 4 is 22.6 Å². The first-order valence-electron chi connectivity index (χ1n) is 8.06. The third kappa shape index (κ3) is 3.77. The zero-order valence-corrected chi connectivity index (χ0v) is 15.3. The Morgan fingerprint density at radius 2 is 2.41 bits per heavy atom. The number of nitrogens with zero attached hydrogens (tertiary/aromatic N) is 2. The predicted octanol–water partition coefficient (Wildman–Crippen LogP) is 2.24. The molecule has 0 saturated heterocycles. The van der Waals surface area contributed by atoms with E-state index in [2.05, 4.69) is 16.6 Å². The molecule has 2 atom stereocenters. The number of nitriles is 1. The summed E-state index contributed by atoms with van der Waals surface area (Å²) in [5.74, 6) is -0.954. The van der Waals surface area contributed by atoms with Crippen molar-refractivity contribution in [2.24, 2.45) is 7.05 Å². The van der Waals surface area contributed by atoms with Crippen LogP contribution in [0.4, 0.5) is 10.1 Å². The molecule has 2 aromatic rings. The van der Waals surface area contributed by atoms with Crippen LogP contribution in [0.1, 0.15) is 22.5 Å². The van der Waals surface area contributed by atoms with Crippen molar-refractivity contribution in [2.75, 3.05) is 11.9 Å². The van der Waals surface area contributed by atoms with E-state index in [0.717, 1.165) is 6.07 Å². The molecule has 3 rings (SSSR count). The van der Waals surface area contributed by atoms with E-state index in [1.54, 1.807) is 25.4 Å². The van der Waals surface area contributed by atoms with Gasteiger partial charge in [-0.15, -0.1) is 6.58 Å². The van der Waals surface area contributed by atoms with Gasteiger partial charge in [0.05, 0.1) is 11.6 Å². The van der Waals surface area contributed by atoms with Gasteiger partial charge in [0.2, 0.25) is 0 Å². The molecule has 1 amide bonds. The number of fused-ring (bicyclic) bond motifs is 1. The van der Waals surface area contributed by atoms with Crippen molar-refractivity contribution < 1.29 is 18.1 Å². The van der Waals surface area contributed by atoms with Crippen LogP contribution in [0.25, 0.3) is 0 Å². The van der Waals surface area contributed by atoms with Crippen LogP contribution >= 0.6 is 0 Å². The second-order valence-corrected chi connectivity index (χ2v) is 7.17. The molecule has 9 heteroatoms. The number of aryl methyl sites for hydroxylation is 1. The molecule has 0 saturated carbocycles. The van der Waals surface area contributed by atoms with Gasteiger partial charge in [0.1, 0.15) is 34.4 Å². The number of rotatable bonds is 4. The van der Waals surface area contributed by atoms with Crippen LogP contribution in [0.3, 0.4) is 0 Å². The van der Waals surface area contributed by atoms with Crippen molar-refractivity contribution in [3.05, 3.63) is 54.1 Å². The number of carbonyl (C=O) groups excluding carboxylic acids is 1. The summed E-state index contributed by atoms with van der Waals surface area (Å²) in [5, 5.41) is 11.5. The highest BCUT2D eigenvalue weighted by molar-refractivity contribution is 7.83. The lowest BCUT2D eigenvalue weighted by Gasteiger charge is -2.13. The fourth-order valence-electron chi connectivity index (χ4n) is 2.74. The number of ether oxygens (including phenoxy) is 1. The van der Waals surface area contributed by atoms with Gasteiger partial charge in [0, 0.05) is 18.9 Å². The molecule has 2 heterocycles. The normalized spacial score (nSPS) is 18.6. The second kappa shape index (κ2) is 7.73. The molecule has 2 unspecified atom stereocenters. The Morgan fingerprint density at radius 1 is 1.63 bits per heavy atom. The Balaban J connectivity index is 1.90. The van der Waals surface area contributed by atoms with Gasteiger partial charge in [-0.3, -0.25) is 4.79 Å². The quantitative estimate of drug-likeness (QED) is 0.785. The largest absolute Gasteiger partial charge is 0.488 e. The Hall–Kier alpha value is -2.96. The fourth-order valence-corrected chi connectivity index (χ4v) is 3.91. The average molecular weight is 388 g/mol. The lowest BCUT2D eigenvalue weighted by molar-refractivity contribution is 0.101. The van der Waals surface area contributed by atoms with E-state index >= 15 is 0 Å². The number of aromatic nitrogens is 1. The fraction of sp³-hybridized carbons (Fsp3) is 0.222. The highest BCUT2D eigenvalue weighted by atomic mass is 32.2. The van der Waals surface area contributed by atoms with E-state index in [1.807, 2.05) is 0 Å². The number of hydrogen-bond acceptors (Lipinski definition) is 4. The van der Waals surface area contributed by atoms with Crippen molar-refractivity contribution in [2.45, 2.75) is 17.4 Å². The van der Waals surface area contributed by atoms with Crippen molar-refractivity contribution in [1.29, 1.82) is 5.26 Å². The van der Waals surface area contributed by atoms with Crippen molar-refractivity contribution in [3.63, 3.8) is 0 Å². The molecule has 2 N–H and O–H groups in total. The molecule has 0 radical (unpaired) electrons. The van der Waals surface area contributed by atoms with Crippen LogP contribution in [0.5, 0.6) is 5.75 Å². The third-order valence-corrected chi connectivity index (χ3v) is 5.25. The highest BCUT2D eigenvalue weighted by Crippen LogP contribution is 2.31. The minimum atomic E-state index is -1.54. The van der Waals surface area contributed by atoms with E-state index < -0.39 is 22.7 Å². The standard InChI is InChI=1S/C18H17FN4O3S/c1-3-4-13-10-26-17-15(27(25)22-13)9-23(2)16(17)18(24)21-12-5-6-14(19)11(7-12)8-20/h3,5-7,9,13,22H,1,4,10H2,2H3,(H,21,24). The molecule has 1 aliphatic heterocycles. The Morgan fingerprint density at radius 3 is 3.11 bits per heavy atom. The Bertz CT molecular complexity index is 980. The summed E-state index contributed by atoms with van der Waals surface area (Å²) >= 11 is 0. The lowest BCUT2D eigenvalue weighted by Crippen LogP contribution is -2.33. The van der Waals surface area contributed by atoms with Crippen molar-refractivity contribution in [3.8, 4) is 11.8 Å². The molecule has 0 fully saturated rings. The average Bonchev–Trinajstić information content (AvgIpc) is 2.90. The summed E-state index contributed by atoms with van der Waals surface area (Å²) in [5.41, 5.74) is 0.278. The van der Waals surface area contributed by atoms with Gasteiger partial charge in [0.25, 0.3) is 5.91 Å². The monoisotopic (exact) mass is 388 g/mol. The number of carbonyl (C=O) groups is 1.